The van der Waals surface area contributed by atoms with E-state index in [0.29, 0.717) is 12.0 Å². The first kappa shape index (κ1) is 15.7. The first-order chi connectivity index (χ1) is 8.61. The van der Waals surface area contributed by atoms with Gasteiger partial charge in [0.1, 0.15) is 0 Å². The summed E-state index contributed by atoms with van der Waals surface area (Å²) in [5.74, 6) is 0.628. The van der Waals surface area contributed by atoms with Gasteiger partial charge in [0.05, 0.1) is 6.10 Å². The molecule has 1 aromatic carbocycles. The Bertz CT molecular complexity index is 341. The van der Waals surface area contributed by atoms with Gasteiger partial charge in [0.2, 0.25) is 0 Å². The molecule has 1 rings (SSSR count). The fourth-order valence-corrected chi connectivity index (χ4v) is 2.48. The molecule has 0 aliphatic carbocycles. The zero-order valence-electron chi connectivity index (χ0n) is 11.6. The summed E-state index contributed by atoms with van der Waals surface area (Å²) in [5, 5.41) is 3.27. The van der Waals surface area contributed by atoms with Gasteiger partial charge in [-0.25, -0.2) is 0 Å². The van der Waals surface area contributed by atoms with Crippen LogP contribution >= 0.6 is 15.9 Å². The van der Waals surface area contributed by atoms with Gasteiger partial charge in [-0.3, -0.25) is 0 Å². The molecule has 0 saturated carbocycles. The van der Waals surface area contributed by atoms with Crippen LogP contribution in [0.15, 0.2) is 28.7 Å². The Kier molecular flexibility index (Phi) is 7.56. The quantitative estimate of drug-likeness (QED) is 0.791. The summed E-state index contributed by atoms with van der Waals surface area (Å²) in [4.78, 5) is 0. The molecule has 1 unspecified atom stereocenters. The smallest absolute Gasteiger partial charge is 0.0518 e. The van der Waals surface area contributed by atoms with E-state index < -0.39 is 0 Å². The summed E-state index contributed by atoms with van der Waals surface area (Å²) in [6.45, 7) is 6.05. The van der Waals surface area contributed by atoms with Crippen molar-refractivity contribution in [3.05, 3.63) is 34.3 Å². The Morgan fingerprint density at radius 2 is 2.11 bits per heavy atom. The summed E-state index contributed by atoms with van der Waals surface area (Å²) in [7, 11) is 2.01. The minimum atomic E-state index is 0.325. The molecule has 0 aliphatic rings. The van der Waals surface area contributed by atoms with Gasteiger partial charge in [-0.2, -0.15) is 0 Å². The van der Waals surface area contributed by atoms with Gasteiger partial charge in [-0.15, -0.1) is 0 Å². The predicted molar refractivity (Wildman–Crippen MR) is 81.0 cm³/mol. The summed E-state index contributed by atoms with van der Waals surface area (Å²) >= 11 is 3.52. The minimum absolute atomic E-state index is 0.325. The molecule has 1 N–H and O–H groups in total. The van der Waals surface area contributed by atoms with Gasteiger partial charge in [0.25, 0.3) is 0 Å². The molecule has 0 bridgehead atoms. The van der Waals surface area contributed by atoms with Crippen LogP contribution < -0.4 is 5.32 Å². The minimum Gasteiger partial charge on any atom is -0.379 e. The molecule has 2 nitrogen and oxygen atoms in total. The molecular formula is C15H24BrNO. The van der Waals surface area contributed by atoms with Crippen molar-refractivity contribution in [3.63, 3.8) is 0 Å². The lowest BCUT2D eigenvalue weighted by Gasteiger charge is -2.17. The van der Waals surface area contributed by atoms with Gasteiger partial charge >= 0.3 is 0 Å². The standard InChI is InChI=1S/C15H24BrNO/c1-12(2)18-8-7-14(11-17-3)9-13-5-4-6-15(16)10-13/h4-6,10,12,14,17H,7-9,11H2,1-3H3. The lowest BCUT2D eigenvalue weighted by atomic mass is 9.96. The van der Waals surface area contributed by atoms with Crippen molar-refractivity contribution >= 4 is 15.9 Å². The molecule has 0 saturated heterocycles. The van der Waals surface area contributed by atoms with E-state index in [-0.39, 0.29) is 0 Å². The van der Waals surface area contributed by atoms with Crippen molar-refractivity contribution in [2.75, 3.05) is 20.2 Å². The molecule has 0 aromatic heterocycles. The van der Waals surface area contributed by atoms with Crippen LogP contribution in [-0.2, 0) is 11.2 Å². The molecule has 0 fully saturated rings. The first-order valence-corrected chi connectivity index (χ1v) is 7.41. The van der Waals surface area contributed by atoms with Crippen LogP contribution in [0.4, 0.5) is 0 Å². The van der Waals surface area contributed by atoms with Crippen molar-refractivity contribution < 1.29 is 4.74 Å². The topological polar surface area (TPSA) is 21.3 Å². The third kappa shape index (κ3) is 6.53. The van der Waals surface area contributed by atoms with E-state index in [2.05, 4.69) is 59.4 Å². The monoisotopic (exact) mass is 313 g/mol. The van der Waals surface area contributed by atoms with Crippen LogP contribution in [-0.4, -0.2) is 26.3 Å². The van der Waals surface area contributed by atoms with Gasteiger partial charge in [-0.1, -0.05) is 28.1 Å². The van der Waals surface area contributed by atoms with E-state index >= 15 is 0 Å². The van der Waals surface area contributed by atoms with Crippen LogP contribution in [0.3, 0.4) is 0 Å². The van der Waals surface area contributed by atoms with Crippen molar-refractivity contribution in [3.8, 4) is 0 Å². The van der Waals surface area contributed by atoms with Gasteiger partial charge < -0.3 is 10.1 Å². The number of hydrogen-bond donors (Lipinski definition) is 1. The number of hydrogen-bond acceptors (Lipinski definition) is 2. The second-order valence-electron chi connectivity index (χ2n) is 4.97. The summed E-state index contributed by atoms with van der Waals surface area (Å²) in [6.07, 6.45) is 2.53. The second-order valence-corrected chi connectivity index (χ2v) is 5.88. The zero-order chi connectivity index (χ0) is 13.4. The van der Waals surface area contributed by atoms with Crippen LogP contribution in [0, 0.1) is 5.92 Å². The Balaban J connectivity index is 2.46. The van der Waals surface area contributed by atoms with E-state index in [0.717, 1.165) is 30.5 Å². The summed E-state index contributed by atoms with van der Waals surface area (Å²) < 4.78 is 6.80. The first-order valence-electron chi connectivity index (χ1n) is 6.62. The fourth-order valence-electron chi connectivity index (χ4n) is 2.03. The lowest BCUT2D eigenvalue weighted by Crippen LogP contribution is -2.22. The molecule has 102 valence electrons. The average Bonchev–Trinajstić information content (AvgIpc) is 2.28. The molecule has 18 heavy (non-hydrogen) atoms. The van der Waals surface area contributed by atoms with Crippen LogP contribution in [0.5, 0.6) is 0 Å². The Hall–Kier alpha value is -0.380. The molecule has 0 spiro atoms. The van der Waals surface area contributed by atoms with Gasteiger partial charge in [-0.05, 0) is 63.9 Å². The van der Waals surface area contributed by atoms with Crippen molar-refractivity contribution in [2.24, 2.45) is 5.92 Å². The molecule has 1 atom stereocenters. The Labute approximate surface area is 119 Å². The Morgan fingerprint density at radius 3 is 2.72 bits per heavy atom. The van der Waals surface area contributed by atoms with E-state index in [9.17, 15) is 0 Å². The van der Waals surface area contributed by atoms with Crippen molar-refractivity contribution in [1.29, 1.82) is 0 Å². The highest BCUT2D eigenvalue weighted by Gasteiger charge is 2.09. The second kappa shape index (κ2) is 8.68. The Morgan fingerprint density at radius 1 is 1.33 bits per heavy atom. The highest BCUT2D eigenvalue weighted by atomic mass is 79.9. The van der Waals surface area contributed by atoms with E-state index in [1.807, 2.05) is 7.05 Å². The predicted octanol–water partition coefficient (Wildman–Crippen LogP) is 3.64. The molecule has 1 aromatic rings. The molecule has 0 amide bonds. The number of nitrogens with one attached hydrogen (secondary N) is 1. The molecular weight excluding hydrogens is 290 g/mol. The maximum absolute atomic E-state index is 5.64. The highest BCUT2D eigenvalue weighted by molar-refractivity contribution is 9.10. The van der Waals surface area contributed by atoms with Crippen LogP contribution in [0.2, 0.25) is 0 Å². The lowest BCUT2D eigenvalue weighted by molar-refractivity contribution is 0.0684. The zero-order valence-corrected chi connectivity index (χ0v) is 13.2. The molecule has 0 radical (unpaired) electrons. The van der Waals surface area contributed by atoms with E-state index in [1.54, 1.807) is 0 Å². The normalized spacial score (nSPS) is 12.9. The summed E-state index contributed by atoms with van der Waals surface area (Å²) in [6, 6.07) is 8.56. The number of benzene rings is 1. The fraction of sp³-hybridized carbons (Fsp3) is 0.600. The van der Waals surface area contributed by atoms with Crippen molar-refractivity contribution in [1.82, 2.24) is 5.32 Å². The number of ether oxygens (including phenoxy) is 1. The average molecular weight is 314 g/mol. The van der Waals surface area contributed by atoms with E-state index in [4.69, 9.17) is 4.74 Å². The molecule has 3 heteroatoms. The highest BCUT2D eigenvalue weighted by Crippen LogP contribution is 2.17. The molecule has 0 heterocycles. The number of halogens is 1. The van der Waals surface area contributed by atoms with E-state index in [1.165, 1.54) is 5.56 Å². The summed E-state index contributed by atoms with van der Waals surface area (Å²) in [5.41, 5.74) is 1.38. The third-order valence-electron chi connectivity index (χ3n) is 2.88. The largest absolute Gasteiger partial charge is 0.379 e. The third-order valence-corrected chi connectivity index (χ3v) is 3.38. The van der Waals surface area contributed by atoms with Crippen LogP contribution in [0.25, 0.3) is 0 Å². The molecule has 0 aliphatic heterocycles. The maximum Gasteiger partial charge on any atom is 0.0518 e. The van der Waals surface area contributed by atoms with Gasteiger partial charge in [0.15, 0.2) is 0 Å². The van der Waals surface area contributed by atoms with Crippen LogP contribution in [0.1, 0.15) is 25.8 Å². The maximum atomic E-state index is 5.64. The SMILES string of the molecule is CNCC(CCOC(C)C)Cc1cccc(Br)c1. The van der Waals surface area contributed by atoms with Crippen molar-refractivity contribution in [2.45, 2.75) is 32.8 Å². The van der Waals surface area contributed by atoms with Gasteiger partial charge in [0, 0.05) is 11.1 Å². The number of rotatable bonds is 8.